The molecular weight excluding hydrogens is 254 g/mol. The van der Waals surface area contributed by atoms with Crippen LogP contribution in [-0.2, 0) is 11.3 Å². The van der Waals surface area contributed by atoms with Gasteiger partial charge in [0.25, 0.3) is 0 Å². The summed E-state index contributed by atoms with van der Waals surface area (Å²) in [7, 11) is 5.78. The molecule has 0 saturated carbocycles. The van der Waals surface area contributed by atoms with Crippen molar-refractivity contribution in [2.75, 3.05) is 44.9 Å². The normalized spacial score (nSPS) is 12.5. The molecule has 1 aromatic heterocycles. The molecule has 6 nitrogen and oxygen atoms in total. The van der Waals surface area contributed by atoms with E-state index in [2.05, 4.69) is 53.4 Å². The van der Waals surface area contributed by atoms with Crippen molar-refractivity contribution in [3.8, 4) is 0 Å². The number of nitrogens with zero attached hydrogens (tertiary/aromatic N) is 3. The van der Waals surface area contributed by atoms with Crippen molar-refractivity contribution in [2.24, 2.45) is 0 Å². The van der Waals surface area contributed by atoms with Gasteiger partial charge < -0.3 is 20.3 Å². The summed E-state index contributed by atoms with van der Waals surface area (Å²) in [6.07, 6.45) is 1.06. The fraction of sp³-hybridized carbons (Fsp3) is 0.714. The molecule has 0 saturated heterocycles. The lowest BCUT2D eigenvalue weighted by Crippen LogP contribution is -2.31. The van der Waals surface area contributed by atoms with E-state index in [1.54, 1.807) is 7.11 Å². The van der Waals surface area contributed by atoms with Gasteiger partial charge in [-0.2, -0.15) is 0 Å². The first-order chi connectivity index (χ1) is 9.56. The van der Waals surface area contributed by atoms with E-state index in [9.17, 15) is 0 Å². The number of rotatable bonds is 9. The average molecular weight is 281 g/mol. The van der Waals surface area contributed by atoms with Crippen LogP contribution >= 0.6 is 0 Å². The van der Waals surface area contributed by atoms with Gasteiger partial charge in [-0.1, -0.05) is 6.92 Å². The molecule has 1 heterocycles. The quantitative estimate of drug-likeness (QED) is 0.720. The lowest BCUT2D eigenvalue weighted by molar-refractivity contribution is 0.178. The smallest absolute Gasteiger partial charge is 0.158 e. The first-order valence-electron chi connectivity index (χ1n) is 7.07. The van der Waals surface area contributed by atoms with E-state index in [-0.39, 0.29) is 0 Å². The average Bonchev–Trinajstić information content (AvgIpc) is 2.42. The molecule has 2 N–H and O–H groups in total. The van der Waals surface area contributed by atoms with E-state index >= 15 is 0 Å². The Hall–Kier alpha value is -1.40. The third kappa shape index (κ3) is 5.71. The van der Waals surface area contributed by atoms with Gasteiger partial charge in [-0.05, 0) is 27.4 Å². The van der Waals surface area contributed by atoms with E-state index in [4.69, 9.17) is 4.74 Å². The van der Waals surface area contributed by atoms with Crippen molar-refractivity contribution in [1.29, 1.82) is 0 Å². The molecule has 1 unspecified atom stereocenters. The van der Waals surface area contributed by atoms with Crippen LogP contribution in [0.25, 0.3) is 0 Å². The third-order valence-electron chi connectivity index (χ3n) is 3.06. The molecule has 114 valence electrons. The highest BCUT2D eigenvalue weighted by Gasteiger charge is 2.07. The summed E-state index contributed by atoms with van der Waals surface area (Å²) >= 11 is 0. The summed E-state index contributed by atoms with van der Waals surface area (Å²) in [6, 6.07) is 2.37. The predicted molar refractivity (Wildman–Crippen MR) is 83.2 cm³/mol. The van der Waals surface area contributed by atoms with Crippen LogP contribution in [0.4, 0.5) is 11.6 Å². The van der Waals surface area contributed by atoms with Gasteiger partial charge in [-0.25, -0.2) is 9.97 Å². The standard InChI is InChI=1S/C14H27N5O/c1-6-7-15-12-8-13(16-9-11(2)19(3)4)18-14(17-12)10-20-5/h8,11H,6-7,9-10H2,1-5H3,(H2,15,16,17,18). The largest absolute Gasteiger partial charge is 0.377 e. The first-order valence-corrected chi connectivity index (χ1v) is 7.07. The Morgan fingerprint density at radius 1 is 1.25 bits per heavy atom. The van der Waals surface area contributed by atoms with E-state index in [0.717, 1.165) is 31.1 Å². The van der Waals surface area contributed by atoms with Gasteiger partial charge in [0.15, 0.2) is 5.82 Å². The summed E-state index contributed by atoms with van der Waals surface area (Å²) in [6.45, 7) is 6.45. The number of nitrogens with one attached hydrogen (secondary N) is 2. The fourth-order valence-electron chi connectivity index (χ4n) is 1.56. The number of anilines is 2. The van der Waals surface area contributed by atoms with Crippen LogP contribution in [-0.4, -0.2) is 55.2 Å². The van der Waals surface area contributed by atoms with Crippen LogP contribution in [0, 0.1) is 0 Å². The van der Waals surface area contributed by atoms with Crippen molar-refractivity contribution >= 4 is 11.6 Å². The SMILES string of the molecule is CCCNc1cc(NCC(C)N(C)C)nc(COC)n1. The zero-order chi connectivity index (χ0) is 15.0. The lowest BCUT2D eigenvalue weighted by Gasteiger charge is -2.20. The third-order valence-corrected chi connectivity index (χ3v) is 3.06. The molecule has 0 aliphatic rings. The maximum absolute atomic E-state index is 5.12. The Balaban J connectivity index is 2.74. The van der Waals surface area contributed by atoms with Crippen molar-refractivity contribution in [3.63, 3.8) is 0 Å². The molecule has 0 radical (unpaired) electrons. The summed E-state index contributed by atoms with van der Waals surface area (Å²) in [5.74, 6) is 2.36. The molecule has 1 aromatic rings. The van der Waals surface area contributed by atoms with Crippen molar-refractivity contribution in [3.05, 3.63) is 11.9 Å². The second-order valence-electron chi connectivity index (χ2n) is 5.11. The predicted octanol–water partition coefficient (Wildman–Crippen LogP) is 1.81. The molecule has 0 aliphatic carbocycles. The molecule has 0 fully saturated rings. The Morgan fingerprint density at radius 2 is 1.90 bits per heavy atom. The number of methoxy groups -OCH3 is 1. The van der Waals surface area contributed by atoms with Crippen LogP contribution in [0.1, 0.15) is 26.1 Å². The molecule has 0 amide bonds. The molecular formula is C14H27N5O. The molecule has 20 heavy (non-hydrogen) atoms. The highest BCUT2D eigenvalue weighted by molar-refractivity contribution is 5.47. The fourth-order valence-corrected chi connectivity index (χ4v) is 1.56. The lowest BCUT2D eigenvalue weighted by atomic mass is 10.3. The topological polar surface area (TPSA) is 62.3 Å². The number of ether oxygens (including phenoxy) is 1. The van der Waals surface area contributed by atoms with Gasteiger partial charge in [0, 0.05) is 32.3 Å². The van der Waals surface area contributed by atoms with Gasteiger partial charge in [0.2, 0.25) is 0 Å². The van der Waals surface area contributed by atoms with Crippen LogP contribution < -0.4 is 10.6 Å². The molecule has 0 spiro atoms. The minimum atomic E-state index is 0.416. The number of hydrogen-bond acceptors (Lipinski definition) is 6. The van der Waals surface area contributed by atoms with Gasteiger partial charge in [-0.15, -0.1) is 0 Å². The van der Waals surface area contributed by atoms with Crippen LogP contribution in [0.5, 0.6) is 0 Å². The molecule has 0 bridgehead atoms. The summed E-state index contributed by atoms with van der Waals surface area (Å²) in [5.41, 5.74) is 0. The molecule has 1 atom stereocenters. The zero-order valence-corrected chi connectivity index (χ0v) is 13.2. The van der Waals surface area contributed by atoms with Crippen LogP contribution in [0.2, 0.25) is 0 Å². The highest BCUT2D eigenvalue weighted by Crippen LogP contribution is 2.12. The second kappa shape index (κ2) is 8.71. The Morgan fingerprint density at radius 3 is 2.45 bits per heavy atom. The maximum Gasteiger partial charge on any atom is 0.158 e. The van der Waals surface area contributed by atoms with E-state index < -0.39 is 0 Å². The van der Waals surface area contributed by atoms with Gasteiger partial charge >= 0.3 is 0 Å². The zero-order valence-electron chi connectivity index (χ0n) is 13.2. The van der Waals surface area contributed by atoms with Crippen molar-refractivity contribution < 1.29 is 4.74 Å². The highest BCUT2D eigenvalue weighted by atomic mass is 16.5. The monoisotopic (exact) mass is 281 g/mol. The maximum atomic E-state index is 5.12. The number of aromatic nitrogens is 2. The summed E-state index contributed by atoms with van der Waals surface area (Å²) < 4.78 is 5.12. The van der Waals surface area contributed by atoms with Gasteiger partial charge in [-0.3, -0.25) is 0 Å². The van der Waals surface area contributed by atoms with Crippen LogP contribution in [0.15, 0.2) is 6.07 Å². The Bertz CT molecular complexity index is 397. The van der Waals surface area contributed by atoms with Crippen molar-refractivity contribution in [1.82, 2.24) is 14.9 Å². The Kier molecular flexibility index (Phi) is 7.25. The molecule has 1 rings (SSSR count). The van der Waals surface area contributed by atoms with Gasteiger partial charge in [0.05, 0.1) is 0 Å². The first kappa shape index (κ1) is 16.7. The van der Waals surface area contributed by atoms with E-state index in [1.165, 1.54) is 0 Å². The summed E-state index contributed by atoms with van der Waals surface area (Å²) in [4.78, 5) is 11.0. The Labute approximate surface area is 121 Å². The number of hydrogen-bond donors (Lipinski definition) is 2. The number of likely N-dealkylation sites (N-methyl/N-ethyl adjacent to an activating group) is 1. The summed E-state index contributed by atoms with van der Waals surface area (Å²) in [5, 5.41) is 6.64. The molecule has 6 heteroatoms. The molecule has 0 aliphatic heterocycles. The van der Waals surface area contributed by atoms with Crippen molar-refractivity contribution in [2.45, 2.75) is 32.9 Å². The minimum Gasteiger partial charge on any atom is -0.377 e. The molecule has 0 aromatic carbocycles. The van der Waals surface area contributed by atoms with Gasteiger partial charge in [0.1, 0.15) is 18.2 Å². The van der Waals surface area contributed by atoms with E-state index in [1.807, 2.05) is 6.07 Å². The minimum absolute atomic E-state index is 0.416. The van der Waals surface area contributed by atoms with E-state index in [0.29, 0.717) is 18.5 Å². The second-order valence-corrected chi connectivity index (χ2v) is 5.11. The van der Waals surface area contributed by atoms with Crippen LogP contribution in [0.3, 0.4) is 0 Å².